The second-order valence-corrected chi connectivity index (χ2v) is 5.95. The van der Waals surface area contributed by atoms with Crippen LogP contribution in [0.2, 0.25) is 0 Å². The first-order valence-corrected chi connectivity index (χ1v) is 7.62. The van der Waals surface area contributed by atoms with Crippen molar-refractivity contribution in [1.82, 2.24) is 9.29 Å². The molecule has 20 heavy (non-hydrogen) atoms. The van der Waals surface area contributed by atoms with E-state index in [2.05, 4.69) is 10.3 Å². The minimum absolute atomic E-state index is 0.198. The van der Waals surface area contributed by atoms with Gasteiger partial charge < -0.3 is 14.8 Å². The molecule has 1 rings (SSSR count). The first-order chi connectivity index (χ1) is 9.56. The van der Waals surface area contributed by atoms with Gasteiger partial charge in [0.1, 0.15) is 5.82 Å². The number of hydrogen-bond acceptors (Lipinski definition) is 6. The standard InChI is InChI=1S/C12H21N3O4S/c1-13-12-10-11(4-5-14-12)20(16,17)15(6-8-18-2)7-9-19-3/h4-5,10H,6-9H2,1-3H3,(H,13,14). The Balaban J connectivity index is 3.00. The third-order valence-corrected chi connectivity index (χ3v) is 4.61. The highest BCUT2D eigenvalue weighted by Gasteiger charge is 2.24. The molecule has 0 saturated heterocycles. The van der Waals surface area contributed by atoms with Gasteiger partial charge in [-0.2, -0.15) is 4.31 Å². The van der Waals surface area contributed by atoms with Gasteiger partial charge >= 0.3 is 0 Å². The Kier molecular flexibility index (Phi) is 6.86. The normalized spacial score (nSPS) is 11.8. The molecule has 0 amide bonds. The summed E-state index contributed by atoms with van der Waals surface area (Å²) in [6.45, 7) is 1.21. The van der Waals surface area contributed by atoms with Gasteiger partial charge in [0.15, 0.2) is 0 Å². The number of sulfonamides is 1. The third kappa shape index (κ3) is 4.41. The van der Waals surface area contributed by atoms with Crippen LogP contribution >= 0.6 is 0 Å². The van der Waals surface area contributed by atoms with Gasteiger partial charge in [-0.05, 0) is 6.07 Å². The Labute approximate surface area is 120 Å². The van der Waals surface area contributed by atoms with Crippen LogP contribution in [0.5, 0.6) is 0 Å². The van der Waals surface area contributed by atoms with Gasteiger partial charge in [0, 0.05) is 46.6 Å². The van der Waals surface area contributed by atoms with E-state index in [0.717, 1.165) is 0 Å². The lowest BCUT2D eigenvalue weighted by molar-refractivity contribution is 0.150. The molecule has 0 fully saturated rings. The molecule has 7 nitrogen and oxygen atoms in total. The summed E-state index contributed by atoms with van der Waals surface area (Å²) >= 11 is 0. The summed E-state index contributed by atoms with van der Waals surface area (Å²) in [5, 5.41) is 2.82. The largest absolute Gasteiger partial charge is 0.383 e. The molecule has 0 atom stereocenters. The molecule has 0 saturated carbocycles. The molecule has 1 aromatic heterocycles. The predicted octanol–water partition coefficient (Wildman–Crippen LogP) is 0.407. The highest BCUT2D eigenvalue weighted by Crippen LogP contribution is 2.17. The maximum absolute atomic E-state index is 12.6. The second kappa shape index (κ2) is 8.15. The van der Waals surface area contributed by atoms with E-state index in [9.17, 15) is 8.42 Å². The van der Waals surface area contributed by atoms with E-state index in [1.54, 1.807) is 7.05 Å². The lowest BCUT2D eigenvalue weighted by Gasteiger charge is -2.21. The van der Waals surface area contributed by atoms with Gasteiger partial charge in [-0.15, -0.1) is 0 Å². The molecule has 0 aliphatic rings. The monoisotopic (exact) mass is 303 g/mol. The SMILES string of the molecule is CNc1cc(S(=O)(=O)N(CCOC)CCOC)ccn1. The summed E-state index contributed by atoms with van der Waals surface area (Å²) < 4.78 is 36.4. The zero-order valence-corrected chi connectivity index (χ0v) is 12.8. The summed E-state index contributed by atoms with van der Waals surface area (Å²) in [4.78, 5) is 4.21. The third-order valence-electron chi connectivity index (χ3n) is 2.71. The van der Waals surface area contributed by atoms with Gasteiger partial charge in [-0.1, -0.05) is 0 Å². The number of pyridine rings is 1. The van der Waals surface area contributed by atoms with Crippen molar-refractivity contribution in [3.05, 3.63) is 18.3 Å². The Bertz CT molecular complexity index is 499. The topological polar surface area (TPSA) is 80.8 Å². The molecular formula is C12H21N3O4S. The first-order valence-electron chi connectivity index (χ1n) is 6.18. The summed E-state index contributed by atoms with van der Waals surface area (Å²) in [5.41, 5.74) is 0. The number of rotatable bonds is 9. The van der Waals surface area contributed by atoms with Gasteiger partial charge in [0.2, 0.25) is 10.0 Å². The molecule has 0 unspecified atom stereocenters. The molecule has 0 radical (unpaired) electrons. The minimum atomic E-state index is -3.58. The van der Waals surface area contributed by atoms with E-state index in [4.69, 9.17) is 9.47 Å². The number of hydrogen-bond donors (Lipinski definition) is 1. The summed E-state index contributed by atoms with van der Waals surface area (Å²) in [5.74, 6) is 0.504. The number of ether oxygens (including phenoxy) is 2. The first kappa shape index (κ1) is 16.8. The van der Waals surface area contributed by atoms with E-state index >= 15 is 0 Å². The average Bonchev–Trinajstić information content (AvgIpc) is 2.47. The van der Waals surface area contributed by atoms with Crippen molar-refractivity contribution < 1.29 is 17.9 Å². The molecule has 0 aromatic carbocycles. The lowest BCUT2D eigenvalue weighted by Crippen LogP contribution is -2.36. The number of anilines is 1. The van der Waals surface area contributed by atoms with Crippen LogP contribution in [0.3, 0.4) is 0 Å². The highest BCUT2D eigenvalue weighted by atomic mass is 32.2. The Hall–Kier alpha value is -1.22. The van der Waals surface area contributed by atoms with Crippen molar-refractivity contribution in [1.29, 1.82) is 0 Å². The number of nitrogens with zero attached hydrogens (tertiary/aromatic N) is 2. The zero-order valence-electron chi connectivity index (χ0n) is 12.0. The fraction of sp³-hybridized carbons (Fsp3) is 0.583. The molecule has 0 aliphatic carbocycles. The van der Waals surface area contributed by atoms with Crippen LogP contribution in [0.4, 0.5) is 5.82 Å². The molecule has 0 aliphatic heterocycles. The Morgan fingerprint density at radius 2 is 1.85 bits per heavy atom. The number of methoxy groups -OCH3 is 2. The lowest BCUT2D eigenvalue weighted by atomic mass is 10.5. The average molecular weight is 303 g/mol. The maximum atomic E-state index is 12.6. The van der Waals surface area contributed by atoms with E-state index in [1.165, 1.54) is 36.9 Å². The van der Waals surface area contributed by atoms with E-state index < -0.39 is 10.0 Å². The number of aromatic nitrogens is 1. The van der Waals surface area contributed by atoms with Crippen molar-refractivity contribution in [3.8, 4) is 0 Å². The van der Waals surface area contributed by atoms with Gasteiger partial charge in [0.05, 0.1) is 18.1 Å². The summed E-state index contributed by atoms with van der Waals surface area (Å²) in [6.07, 6.45) is 1.46. The van der Waals surface area contributed by atoms with Gasteiger partial charge in [0.25, 0.3) is 0 Å². The van der Waals surface area contributed by atoms with Crippen molar-refractivity contribution in [2.24, 2.45) is 0 Å². The van der Waals surface area contributed by atoms with Crippen molar-refractivity contribution in [2.45, 2.75) is 4.90 Å². The van der Waals surface area contributed by atoms with E-state index in [-0.39, 0.29) is 18.0 Å². The van der Waals surface area contributed by atoms with Crippen molar-refractivity contribution in [3.63, 3.8) is 0 Å². The summed E-state index contributed by atoms with van der Waals surface area (Å²) in [7, 11) is 1.17. The molecule has 1 heterocycles. The quantitative estimate of drug-likeness (QED) is 0.711. The Morgan fingerprint density at radius 1 is 1.25 bits per heavy atom. The van der Waals surface area contributed by atoms with Crippen LogP contribution < -0.4 is 5.32 Å². The van der Waals surface area contributed by atoms with Crippen LogP contribution in [-0.4, -0.2) is 65.3 Å². The molecule has 0 bridgehead atoms. The minimum Gasteiger partial charge on any atom is -0.383 e. The van der Waals surface area contributed by atoms with Crippen LogP contribution in [0.1, 0.15) is 0 Å². The summed E-state index contributed by atoms with van der Waals surface area (Å²) in [6, 6.07) is 2.98. The molecular weight excluding hydrogens is 282 g/mol. The van der Waals surface area contributed by atoms with Crippen LogP contribution in [0.15, 0.2) is 23.2 Å². The molecule has 0 spiro atoms. The smallest absolute Gasteiger partial charge is 0.243 e. The molecule has 1 aromatic rings. The van der Waals surface area contributed by atoms with E-state index in [0.29, 0.717) is 19.0 Å². The van der Waals surface area contributed by atoms with E-state index in [1.807, 2.05) is 0 Å². The van der Waals surface area contributed by atoms with Crippen LogP contribution in [0, 0.1) is 0 Å². The predicted molar refractivity (Wildman–Crippen MR) is 76.3 cm³/mol. The highest BCUT2D eigenvalue weighted by molar-refractivity contribution is 7.89. The zero-order chi connectivity index (χ0) is 15.0. The van der Waals surface area contributed by atoms with Crippen molar-refractivity contribution >= 4 is 15.8 Å². The molecule has 114 valence electrons. The fourth-order valence-electron chi connectivity index (χ4n) is 1.60. The second-order valence-electron chi connectivity index (χ2n) is 4.02. The fourth-order valence-corrected chi connectivity index (χ4v) is 3.02. The maximum Gasteiger partial charge on any atom is 0.243 e. The number of nitrogens with one attached hydrogen (secondary N) is 1. The van der Waals surface area contributed by atoms with Gasteiger partial charge in [-0.3, -0.25) is 0 Å². The van der Waals surface area contributed by atoms with Crippen LogP contribution in [-0.2, 0) is 19.5 Å². The molecule has 8 heteroatoms. The molecule has 1 N–H and O–H groups in total. The van der Waals surface area contributed by atoms with Gasteiger partial charge in [-0.25, -0.2) is 13.4 Å². The Morgan fingerprint density at radius 3 is 2.35 bits per heavy atom. The van der Waals surface area contributed by atoms with Crippen LogP contribution in [0.25, 0.3) is 0 Å². The van der Waals surface area contributed by atoms with Crippen molar-refractivity contribution in [2.75, 3.05) is 52.9 Å².